The maximum atomic E-state index is 5.75. The maximum absolute atomic E-state index is 5.75. The van der Waals surface area contributed by atoms with Gasteiger partial charge in [-0.1, -0.05) is 6.07 Å². The molecule has 0 aliphatic heterocycles. The minimum Gasteiger partial charge on any atom is -0.440 e. The molecule has 0 saturated heterocycles. The van der Waals surface area contributed by atoms with Gasteiger partial charge in [-0.05, 0) is 50.4 Å². The van der Waals surface area contributed by atoms with E-state index in [0.29, 0.717) is 0 Å². The summed E-state index contributed by atoms with van der Waals surface area (Å²) < 4.78 is 5.75. The summed E-state index contributed by atoms with van der Waals surface area (Å²) >= 11 is 0. The Bertz CT molecular complexity index is 488. The fourth-order valence-corrected chi connectivity index (χ4v) is 1.95. The normalized spacial score (nSPS) is 11.2. The number of oxazole rings is 1. The van der Waals surface area contributed by atoms with Gasteiger partial charge < -0.3 is 10.2 Å². The lowest BCUT2D eigenvalue weighted by Gasteiger charge is -1.95. The first-order chi connectivity index (χ1) is 7.70. The molecule has 0 spiro atoms. The molecule has 16 heavy (non-hydrogen) atoms. The van der Waals surface area contributed by atoms with Crippen molar-refractivity contribution in [3.05, 3.63) is 29.2 Å². The molecule has 2 N–H and O–H groups in total. The van der Waals surface area contributed by atoms with E-state index in [1.54, 1.807) is 0 Å². The van der Waals surface area contributed by atoms with E-state index in [1.165, 1.54) is 5.56 Å². The van der Waals surface area contributed by atoms with E-state index in [-0.39, 0.29) is 0 Å². The highest BCUT2D eigenvalue weighted by atomic mass is 16.3. The third-order valence-electron chi connectivity index (χ3n) is 2.71. The van der Waals surface area contributed by atoms with Crippen LogP contribution in [0.2, 0.25) is 0 Å². The topological polar surface area (TPSA) is 52.0 Å². The SMILES string of the molecule is Cc1cc(C)c2oc(CCCCN)nc2c1. The molecule has 86 valence electrons. The van der Waals surface area contributed by atoms with Crippen molar-refractivity contribution in [2.75, 3.05) is 6.54 Å². The molecule has 1 aromatic carbocycles. The van der Waals surface area contributed by atoms with Gasteiger partial charge >= 0.3 is 0 Å². The summed E-state index contributed by atoms with van der Waals surface area (Å²) in [5.41, 5.74) is 9.75. The van der Waals surface area contributed by atoms with Crippen molar-refractivity contribution in [3.63, 3.8) is 0 Å². The average molecular weight is 218 g/mol. The van der Waals surface area contributed by atoms with Gasteiger partial charge in [0.05, 0.1) is 0 Å². The lowest BCUT2D eigenvalue weighted by Crippen LogP contribution is -1.98. The van der Waals surface area contributed by atoms with Crippen LogP contribution in [0.4, 0.5) is 0 Å². The molecule has 3 nitrogen and oxygen atoms in total. The Morgan fingerprint density at radius 2 is 2.06 bits per heavy atom. The van der Waals surface area contributed by atoms with Crippen molar-refractivity contribution in [3.8, 4) is 0 Å². The number of hydrogen-bond donors (Lipinski definition) is 1. The number of aryl methyl sites for hydroxylation is 3. The molecule has 0 atom stereocenters. The zero-order chi connectivity index (χ0) is 11.5. The lowest BCUT2D eigenvalue weighted by molar-refractivity contribution is 0.514. The van der Waals surface area contributed by atoms with E-state index < -0.39 is 0 Å². The van der Waals surface area contributed by atoms with Crippen LogP contribution in [-0.4, -0.2) is 11.5 Å². The quantitative estimate of drug-likeness (QED) is 0.803. The summed E-state index contributed by atoms with van der Waals surface area (Å²) in [5, 5.41) is 0. The van der Waals surface area contributed by atoms with Crippen LogP contribution in [0.25, 0.3) is 11.1 Å². The molecule has 3 heteroatoms. The van der Waals surface area contributed by atoms with Crippen LogP contribution in [0.5, 0.6) is 0 Å². The van der Waals surface area contributed by atoms with Crippen molar-refractivity contribution >= 4 is 11.1 Å². The second-order valence-electron chi connectivity index (χ2n) is 4.28. The van der Waals surface area contributed by atoms with Gasteiger partial charge in [0, 0.05) is 6.42 Å². The first-order valence-electron chi connectivity index (χ1n) is 5.77. The Balaban J connectivity index is 2.26. The third-order valence-corrected chi connectivity index (χ3v) is 2.71. The van der Waals surface area contributed by atoms with Crippen molar-refractivity contribution in [1.82, 2.24) is 4.98 Å². The standard InChI is InChI=1S/C13H18N2O/c1-9-7-10(2)13-11(8-9)15-12(16-13)5-3-4-6-14/h7-8H,3-6,14H2,1-2H3. The number of aromatic nitrogens is 1. The lowest BCUT2D eigenvalue weighted by atomic mass is 10.1. The summed E-state index contributed by atoms with van der Waals surface area (Å²) in [5.74, 6) is 0.831. The molecule has 0 fully saturated rings. The molecular weight excluding hydrogens is 200 g/mol. The summed E-state index contributed by atoms with van der Waals surface area (Å²) in [6.45, 7) is 4.87. The predicted molar refractivity (Wildman–Crippen MR) is 65.5 cm³/mol. The fraction of sp³-hybridized carbons (Fsp3) is 0.462. The van der Waals surface area contributed by atoms with Crippen molar-refractivity contribution < 1.29 is 4.42 Å². The molecule has 0 unspecified atom stereocenters. The molecule has 1 aromatic heterocycles. The number of nitrogens with zero attached hydrogens (tertiary/aromatic N) is 1. The second-order valence-corrected chi connectivity index (χ2v) is 4.28. The largest absolute Gasteiger partial charge is 0.440 e. The van der Waals surface area contributed by atoms with Gasteiger partial charge in [0.2, 0.25) is 0 Å². The maximum Gasteiger partial charge on any atom is 0.195 e. The van der Waals surface area contributed by atoms with Crippen molar-refractivity contribution in [2.24, 2.45) is 5.73 Å². The van der Waals surface area contributed by atoms with Gasteiger partial charge in [-0.25, -0.2) is 4.98 Å². The molecule has 2 aromatic rings. The van der Waals surface area contributed by atoms with Crippen LogP contribution < -0.4 is 5.73 Å². The molecule has 0 radical (unpaired) electrons. The molecule has 2 rings (SSSR count). The van der Waals surface area contributed by atoms with Crippen LogP contribution in [0.15, 0.2) is 16.5 Å². The Morgan fingerprint density at radius 3 is 2.81 bits per heavy atom. The van der Waals surface area contributed by atoms with Gasteiger partial charge in [-0.15, -0.1) is 0 Å². The summed E-state index contributed by atoms with van der Waals surface area (Å²) in [6.07, 6.45) is 2.95. The van der Waals surface area contributed by atoms with Crippen LogP contribution in [0, 0.1) is 13.8 Å². The highest BCUT2D eigenvalue weighted by Crippen LogP contribution is 2.22. The number of hydrogen-bond acceptors (Lipinski definition) is 3. The van der Waals surface area contributed by atoms with E-state index in [9.17, 15) is 0 Å². The van der Waals surface area contributed by atoms with Gasteiger partial charge in [-0.3, -0.25) is 0 Å². The number of unbranched alkanes of at least 4 members (excludes halogenated alkanes) is 1. The zero-order valence-electron chi connectivity index (χ0n) is 9.92. The molecule has 1 heterocycles. The van der Waals surface area contributed by atoms with E-state index in [1.807, 2.05) is 0 Å². The van der Waals surface area contributed by atoms with E-state index >= 15 is 0 Å². The molecular formula is C13H18N2O. The third kappa shape index (κ3) is 2.25. The highest BCUT2D eigenvalue weighted by Gasteiger charge is 2.08. The number of benzene rings is 1. The van der Waals surface area contributed by atoms with Gasteiger partial charge in [0.15, 0.2) is 11.5 Å². The Hall–Kier alpha value is -1.35. The summed E-state index contributed by atoms with van der Waals surface area (Å²) in [7, 11) is 0. The first-order valence-corrected chi connectivity index (χ1v) is 5.77. The first kappa shape index (κ1) is 11.1. The van der Waals surface area contributed by atoms with Crippen LogP contribution >= 0.6 is 0 Å². The number of nitrogens with two attached hydrogens (primary N) is 1. The summed E-state index contributed by atoms with van der Waals surface area (Å²) in [6, 6.07) is 4.19. The van der Waals surface area contributed by atoms with Gasteiger partial charge in [-0.2, -0.15) is 0 Å². The monoisotopic (exact) mass is 218 g/mol. The zero-order valence-corrected chi connectivity index (χ0v) is 9.92. The summed E-state index contributed by atoms with van der Waals surface area (Å²) in [4.78, 5) is 4.50. The Kier molecular flexibility index (Phi) is 3.25. The molecule has 0 aliphatic rings. The second kappa shape index (κ2) is 4.66. The average Bonchev–Trinajstić information content (AvgIpc) is 2.61. The van der Waals surface area contributed by atoms with Crippen LogP contribution in [0.1, 0.15) is 29.9 Å². The van der Waals surface area contributed by atoms with E-state index in [2.05, 4.69) is 31.0 Å². The number of rotatable bonds is 4. The fourth-order valence-electron chi connectivity index (χ4n) is 1.95. The van der Waals surface area contributed by atoms with Gasteiger partial charge in [0.25, 0.3) is 0 Å². The smallest absolute Gasteiger partial charge is 0.195 e. The van der Waals surface area contributed by atoms with E-state index in [0.717, 1.165) is 48.4 Å². The van der Waals surface area contributed by atoms with Crippen molar-refractivity contribution in [2.45, 2.75) is 33.1 Å². The van der Waals surface area contributed by atoms with Gasteiger partial charge in [0.1, 0.15) is 5.52 Å². The Labute approximate surface area is 95.7 Å². The number of fused-ring (bicyclic) bond motifs is 1. The highest BCUT2D eigenvalue weighted by molar-refractivity contribution is 5.77. The minimum atomic E-state index is 0.734. The van der Waals surface area contributed by atoms with Crippen molar-refractivity contribution in [1.29, 1.82) is 0 Å². The molecule has 0 aliphatic carbocycles. The molecule has 0 amide bonds. The van der Waals surface area contributed by atoms with Crippen LogP contribution in [0.3, 0.4) is 0 Å². The van der Waals surface area contributed by atoms with E-state index in [4.69, 9.17) is 10.2 Å². The Morgan fingerprint density at radius 1 is 1.25 bits per heavy atom. The molecule has 0 bridgehead atoms. The minimum absolute atomic E-state index is 0.734. The van der Waals surface area contributed by atoms with Crippen LogP contribution in [-0.2, 0) is 6.42 Å². The predicted octanol–water partition coefficient (Wildman–Crippen LogP) is 2.73. The molecule has 0 saturated carbocycles.